The normalized spacial score (nSPS) is 18.0. The van der Waals surface area contributed by atoms with Crippen LogP contribution in [0, 0.1) is 17.4 Å². The van der Waals surface area contributed by atoms with E-state index in [1.165, 1.54) is 0 Å². The fourth-order valence-electron chi connectivity index (χ4n) is 5.91. The summed E-state index contributed by atoms with van der Waals surface area (Å²) in [5.41, 5.74) is 9.66. The highest BCUT2D eigenvalue weighted by Gasteiger charge is 2.32. The van der Waals surface area contributed by atoms with Crippen molar-refractivity contribution in [2.75, 3.05) is 40.5 Å². The number of aliphatic hydroxyl groups excluding tert-OH is 4. The average molecular weight is 858 g/mol. The number of hydrogen-bond donors (Lipinski definition) is 8. The highest BCUT2D eigenvalue weighted by Crippen LogP contribution is 2.42. The van der Waals surface area contributed by atoms with Gasteiger partial charge in [-0.3, -0.25) is 9.59 Å². The minimum absolute atomic E-state index is 0.114. The number of aliphatic hydroxyl groups is 4. The largest absolute Gasteiger partial charge is 0.462 e. The van der Waals surface area contributed by atoms with E-state index in [1.807, 2.05) is 13.1 Å². The summed E-state index contributed by atoms with van der Waals surface area (Å²) in [6, 6.07) is 13.0. The summed E-state index contributed by atoms with van der Waals surface area (Å²) < 4.78 is 17.5. The van der Waals surface area contributed by atoms with Crippen molar-refractivity contribution in [1.82, 2.24) is 16.0 Å². The smallest absolute Gasteiger partial charge is 0.251 e. The van der Waals surface area contributed by atoms with Crippen molar-refractivity contribution in [3.05, 3.63) is 77.0 Å². The molecule has 4 atom stereocenters. The second kappa shape index (κ2) is 29.5. The highest BCUT2D eigenvalue weighted by molar-refractivity contribution is 5.95. The number of nitrogens with one attached hydrogen (secondary N) is 4. The molecule has 2 fully saturated rings. The van der Waals surface area contributed by atoms with Gasteiger partial charge < -0.3 is 50.6 Å². The van der Waals surface area contributed by atoms with Crippen LogP contribution in [0.2, 0.25) is 0 Å². The number of carbonyl (C=O) groups excluding carboxylic acids is 2. The van der Waals surface area contributed by atoms with Gasteiger partial charge in [-0.1, -0.05) is 66.7 Å². The molecule has 61 heavy (non-hydrogen) atoms. The molecule has 8 N–H and O–H groups in total. The topological polar surface area (TPSA) is 215 Å². The zero-order valence-electron chi connectivity index (χ0n) is 38.6. The Bertz CT molecular complexity index is 1560. The Morgan fingerprint density at radius 2 is 1.52 bits per heavy atom. The predicted molar refractivity (Wildman–Crippen MR) is 241 cm³/mol. The lowest BCUT2D eigenvalue weighted by Crippen LogP contribution is -2.44. The number of amides is 2. The molecule has 2 unspecified atom stereocenters. The minimum atomic E-state index is -0.892. The molecule has 14 nitrogen and oxygen atoms in total. The van der Waals surface area contributed by atoms with E-state index in [-0.39, 0.29) is 37.0 Å². The lowest BCUT2D eigenvalue weighted by atomic mass is 9.79. The van der Waals surface area contributed by atoms with E-state index in [4.69, 9.17) is 24.8 Å². The van der Waals surface area contributed by atoms with E-state index in [0.717, 1.165) is 63.4 Å². The summed E-state index contributed by atoms with van der Waals surface area (Å²) in [5, 5.41) is 48.7. The molecule has 2 amide bonds. The zero-order chi connectivity index (χ0) is 46.1. The quantitative estimate of drug-likeness (QED) is 0.0617. The van der Waals surface area contributed by atoms with E-state index < -0.39 is 24.6 Å². The van der Waals surface area contributed by atoms with Gasteiger partial charge >= 0.3 is 0 Å². The van der Waals surface area contributed by atoms with Gasteiger partial charge in [0.15, 0.2) is 0 Å². The second-order valence-electron chi connectivity index (χ2n) is 17.4. The molecule has 1 aliphatic heterocycles. The molecule has 1 saturated carbocycles. The average Bonchev–Trinajstić information content (AvgIpc) is 3.20. The molecule has 1 heterocycles. The fraction of sp³-hybridized carbons (Fsp3) is 0.660. The lowest BCUT2D eigenvalue weighted by Gasteiger charge is -2.33. The van der Waals surface area contributed by atoms with Gasteiger partial charge in [0, 0.05) is 43.9 Å². The first-order valence-corrected chi connectivity index (χ1v) is 21.8. The van der Waals surface area contributed by atoms with Gasteiger partial charge in [0.1, 0.15) is 11.9 Å². The molecule has 4 rings (SSSR count). The summed E-state index contributed by atoms with van der Waals surface area (Å²) in [6.45, 7) is 22.0. The van der Waals surface area contributed by atoms with Gasteiger partial charge in [0.25, 0.3) is 11.8 Å². The van der Waals surface area contributed by atoms with Crippen LogP contribution in [-0.2, 0) is 9.47 Å². The third-order valence-corrected chi connectivity index (χ3v) is 10.3. The van der Waals surface area contributed by atoms with Crippen LogP contribution in [-0.4, -0.2) is 103 Å². The van der Waals surface area contributed by atoms with Crippen LogP contribution in [0.15, 0.2) is 59.9 Å². The number of benzene rings is 2. The number of rotatable bonds is 20. The summed E-state index contributed by atoms with van der Waals surface area (Å²) in [5.74, 6) is 1.78. The van der Waals surface area contributed by atoms with Gasteiger partial charge in [-0.25, -0.2) is 5.53 Å². The molecule has 2 aromatic carbocycles. The Morgan fingerprint density at radius 3 is 2.05 bits per heavy atom. The van der Waals surface area contributed by atoms with E-state index in [2.05, 4.69) is 83.0 Å². The van der Waals surface area contributed by atoms with Crippen molar-refractivity contribution in [2.24, 2.45) is 17.0 Å². The van der Waals surface area contributed by atoms with Crippen LogP contribution in [0.1, 0.15) is 151 Å². The molecule has 1 aliphatic carbocycles. The molecule has 2 aromatic rings. The first-order valence-electron chi connectivity index (χ1n) is 21.8. The molecular formula is C47H79N5O9. The van der Waals surface area contributed by atoms with Crippen LogP contribution in [0.4, 0.5) is 0 Å². The minimum Gasteiger partial charge on any atom is -0.462 e. The lowest BCUT2D eigenvalue weighted by molar-refractivity contribution is -0.199. The maximum Gasteiger partial charge on any atom is 0.251 e. The van der Waals surface area contributed by atoms with Gasteiger partial charge in [0.2, 0.25) is 6.29 Å². The van der Waals surface area contributed by atoms with Crippen molar-refractivity contribution in [3.63, 3.8) is 0 Å². The molecule has 14 heteroatoms. The standard InChI is InChI=1S/C26H41NO6.C16H23N3O2.C4H11N.CH4O/c1-17(2)10-13-32-26(3,4)11-12-27-24(30)19-8-9-23(21(14-19)18-6-5-7-18)33-25-22(29)15-20(28)16-31-25;1-11(2)4-9-15(20)13-5-7-14(8-6-13)16(21)18-10-12(3)19-17;1-4(2)5-3;1-2/h8-9,14,17-18,20,22,25,28-29H,5-7,10-13,15-16H2,1-4H3,(H,27,30);5-8,11,15,17,20H,3-4,9-10H2,1-2H3,(H,18,21);4-5H,1-3H3;2H,1H3/t20-,22?,25+;;;/m1.../s1. The Morgan fingerprint density at radius 1 is 0.934 bits per heavy atom. The number of ether oxygens (including phenoxy) is 3. The summed E-state index contributed by atoms with van der Waals surface area (Å²) in [4.78, 5) is 24.7. The zero-order valence-corrected chi connectivity index (χ0v) is 38.6. The number of nitrogens with zero attached hydrogens (tertiary/aromatic N) is 1. The molecule has 0 spiro atoms. The summed E-state index contributed by atoms with van der Waals surface area (Å²) in [6.07, 6.45) is 4.04. The number of hydrogen-bond acceptors (Lipinski definition) is 12. The molecule has 0 radical (unpaired) electrons. The Labute approximate surface area is 365 Å². The van der Waals surface area contributed by atoms with Crippen LogP contribution in [0.3, 0.4) is 0 Å². The monoisotopic (exact) mass is 858 g/mol. The van der Waals surface area contributed by atoms with Crippen molar-refractivity contribution in [3.8, 4) is 5.75 Å². The van der Waals surface area contributed by atoms with Crippen molar-refractivity contribution < 1.29 is 44.2 Å². The van der Waals surface area contributed by atoms with E-state index in [0.29, 0.717) is 59.3 Å². The van der Waals surface area contributed by atoms with Crippen LogP contribution < -0.4 is 20.7 Å². The second-order valence-corrected chi connectivity index (χ2v) is 17.4. The maximum atomic E-state index is 12.8. The summed E-state index contributed by atoms with van der Waals surface area (Å²) in [7, 11) is 2.95. The van der Waals surface area contributed by atoms with Gasteiger partial charge in [0.05, 0.1) is 36.7 Å². The maximum absolute atomic E-state index is 12.8. The van der Waals surface area contributed by atoms with Crippen molar-refractivity contribution in [1.29, 1.82) is 5.53 Å². The predicted octanol–water partition coefficient (Wildman–Crippen LogP) is 7.42. The molecular weight excluding hydrogens is 779 g/mol. The van der Waals surface area contributed by atoms with E-state index in [9.17, 15) is 24.9 Å². The van der Waals surface area contributed by atoms with Gasteiger partial charge in [-0.05, 0) is 119 Å². The third-order valence-electron chi connectivity index (χ3n) is 10.3. The van der Waals surface area contributed by atoms with E-state index >= 15 is 0 Å². The van der Waals surface area contributed by atoms with E-state index in [1.54, 1.807) is 36.4 Å². The first-order chi connectivity index (χ1) is 28.8. The van der Waals surface area contributed by atoms with Crippen molar-refractivity contribution in [2.45, 2.75) is 149 Å². The van der Waals surface area contributed by atoms with Crippen LogP contribution in [0.5, 0.6) is 5.75 Å². The van der Waals surface area contributed by atoms with Gasteiger partial charge in [-0.15, -0.1) is 0 Å². The highest BCUT2D eigenvalue weighted by atomic mass is 16.7. The van der Waals surface area contributed by atoms with Crippen LogP contribution in [0.25, 0.3) is 0 Å². The number of carbonyl (C=O) groups is 2. The fourth-order valence-corrected chi connectivity index (χ4v) is 5.91. The SMILES string of the molecule is C=C(CNC(=O)c1ccc(C(O)CCC(C)C)cc1)N=N.CC(C)CCOC(C)(C)CCNC(=O)c1ccc(O[C@@H]2OC[C@H](O)CC2O)c(C2CCC2)c1.CNC(C)C.CO. The van der Waals surface area contributed by atoms with Crippen LogP contribution >= 0.6 is 0 Å². The Kier molecular flexibility index (Phi) is 26.7. The van der Waals surface area contributed by atoms with Gasteiger partial charge in [-0.2, -0.15) is 5.11 Å². The third kappa shape index (κ3) is 22.2. The molecule has 1 saturated heterocycles. The van der Waals surface area contributed by atoms with Crippen molar-refractivity contribution >= 4 is 11.8 Å². The Hall–Kier alpha value is -3.76. The molecule has 0 aromatic heterocycles. The molecule has 0 bridgehead atoms. The summed E-state index contributed by atoms with van der Waals surface area (Å²) >= 11 is 0. The molecule has 2 aliphatic rings. The first kappa shape index (κ1) is 55.3. The molecule has 346 valence electrons. The Balaban J connectivity index is 0.000000568.